The van der Waals surface area contributed by atoms with E-state index in [-0.39, 0.29) is 29.4 Å². The summed E-state index contributed by atoms with van der Waals surface area (Å²) in [6, 6.07) is 2.13. The van der Waals surface area contributed by atoms with Gasteiger partial charge in [0.15, 0.2) is 5.96 Å². The molecule has 7 heteroatoms. The maximum atomic E-state index is 5.77. The normalized spacial score (nSPS) is 12.0. The Labute approximate surface area is 165 Å². The number of aryl methyl sites for hydroxylation is 1. The van der Waals surface area contributed by atoms with Crippen molar-refractivity contribution in [2.75, 3.05) is 6.54 Å². The fourth-order valence-corrected chi connectivity index (χ4v) is 2.81. The second-order valence-electron chi connectivity index (χ2n) is 6.44. The van der Waals surface area contributed by atoms with Crippen LogP contribution in [0.4, 0.5) is 0 Å². The Kier molecular flexibility index (Phi) is 8.21. The quantitative estimate of drug-likeness (QED) is 0.397. The van der Waals surface area contributed by atoms with Crippen molar-refractivity contribution < 1.29 is 4.42 Å². The summed E-state index contributed by atoms with van der Waals surface area (Å²) in [6.07, 6.45) is 1.79. The highest BCUT2D eigenvalue weighted by molar-refractivity contribution is 14.0. The molecule has 0 fully saturated rings. The van der Waals surface area contributed by atoms with E-state index in [0.29, 0.717) is 12.4 Å². The summed E-state index contributed by atoms with van der Waals surface area (Å²) in [6.45, 7) is 12.5. The van der Waals surface area contributed by atoms with Crippen LogP contribution in [0.5, 0.6) is 0 Å². The number of aromatic nitrogens is 1. The third-order valence-corrected chi connectivity index (χ3v) is 4.42. The fraction of sp³-hybridized carbons (Fsp3) is 0.529. The largest absolute Gasteiger partial charge is 0.443 e. The molecule has 0 aliphatic rings. The first kappa shape index (κ1) is 21.0. The first-order chi connectivity index (χ1) is 10.9. The maximum Gasteiger partial charge on any atom is 0.216 e. The van der Waals surface area contributed by atoms with Crippen LogP contribution < -0.4 is 10.6 Å². The van der Waals surface area contributed by atoms with Crippen LogP contribution in [0.2, 0.25) is 0 Å². The third kappa shape index (κ3) is 6.08. The molecule has 0 aliphatic carbocycles. The number of aliphatic imine (C=N–C) groups is 1. The Balaban J connectivity index is 0.00000288. The molecule has 2 heterocycles. The van der Waals surface area contributed by atoms with Gasteiger partial charge in [0.25, 0.3) is 0 Å². The van der Waals surface area contributed by atoms with E-state index in [2.05, 4.69) is 66.7 Å². The highest BCUT2D eigenvalue weighted by Gasteiger charge is 2.19. The molecule has 134 valence electrons. The van der Waals surface area contributed by atoms with Gasteiger partial charge >= 0.3 is 0 Å². The minimum Gasteiger partial charge on any atom is -0.443 e. The molecule has 0 spiro atoms. The van der Waals surface area contributed by atoms with Crippen LogP contribution in [0, 0.1) is 6.92 Å². The molecule has 5 nitrogen and oxygen atoms in total. The second kappa shape index (κ2) is 9.41. The van der Waals surface area contributed by atoms with E-state index in [1.165, 1.54) is 10.4 Å². The molecular formula is C17H27IN4OS. The van der Waals surface area contributed by atoms with E-state index in [1.54, 1.807) is 17.5 Å². The lowest BCUT2D eigenvalue weighted by Gasteiger charge is -2.13. The van der Waals surface area contributed by atoms with Crippen molar-refractivity contribution in [2.45, 2.75) is 53.1 Å². The summed E-state index contributed by atoms with van der Waals surface area (Å²) in [5.41, 5.74) is 1.27. The van der Waals surface area contributed by atoms with Crippen molar-refractivity contribution in [3.63, 3.8) is 0 Å². The average molecular weight is 462 g/mol. The molecule has 0 amide bonds. The number of rotatable bonds is 5. The lowest BCUT2D eigenvalue weighted by atomic mass is 9.94. The van der Waals surface area contributed by atoms with Crippen LogP contribution >= 0.6 is 35.3 Å². The predicted octanol–water partition coefficient (Wildman–Crippen LogP) is 4.22. The number of nitrogens with one attached hydrogen (secondary N) is 2. The van der Waals surface area contributed by atoms with E-state index >= 15 is 0 Å². The van der Waals surface area contributed by atoms with Crippen molar-refractivity contribution in [1.82, 2.24) is 15.6 Å². The van der Waals surface area contributed by atoms with E-state index in [4.69, 9.17) is 4.42 Å². The third-order valence-electron chi connectivity index (χ3n) is 3.39. The smallest absolute Gasteiger partial charge is 0.216 e. The number of halogens is 1. The first-order valence-electron chi connectivity index (χ1n) is 7.90. The molecule has 24 heavy (non-hydrogen) atoms. The molecule has 0 bridgehead atoms. The minimum atomic E-state index is -0.0333. The molecular weight excluding hydrogens is 435 g/mol. The zero-order valence-corrected chi connectivity index (χ0v) is 18.1. The standard InChI is InChI=1S/C17H26N4OS.HI/c1-6-18-16(20-9-13-12(2)7-8-23-13)21-11-15-19-10-14(22-15)17(3,4)5;/h7-8,10H,6,9,11H2,1-5H3,(H2,18,20,21);1H. The lowest BCUT2D eigenvalue weighted by Crippen LogP contribution is -2.36. The van der Waals surface area contributed by atoms with Gasteiger partial charge in [0.05, 0.1) is 12.7 Å². The number of nitrogens with zero attached hydrogens (tertiary/aromatic N) is 2. The fourth-order valence-electron chi connectivity index (χ4n) is 1.97. The molecule has 0 radical (unpaired) electrons. The van der Waals surface area contributed by atoms with E-state index in [0.717, 1.165) is 24.8 Å². The van der Waals surface area contributed by atoms with Crippen molar-refractivity contribution in [3.05, 3.63) is 39.7 Å². The van der Waals surface area contributed by atoms with Gasteiger partial charge in [-0.15, -0.1) is 35.3 Å². The number of hydrogen-bond donors (Lipinski definition) is 2. The van der Waals surface area contributed by atoms with Gasteiger partial charge < -0.3 is 15.1 Å². The summed E-state index contributed by atoms with van der Waals surface area (Å²) in [5.74, 6) is 2.30. The van der Waals surface area contributed by atoms with Crippen LogP contribution in [-0.2, 0) is 18.5 Å². The number of oxazole rings is 1. The highest BCUT2D eigenvalue weighted by Crippen LogP contribution is 2.22. The molecule has 0 aliphatic heterocycles. The van der Waals surface area contributed by atoms with Gasteiger partial charge in [-0.05, 0) is 30.9 Å². The van der Waals surface area contributed by atoms with Crippen molar-refractivity contribution in [3.8, 4) is 0 Å². The van der Waals surface area contributed by atoms with Crippen molar-refractivity contribution >= 4 is 41.3 Å². The number of guanidine groups is 1. The Morgan fingerprint density at radius 2 is 2.08 bits per heavy atom. The van der Waals surface area contributed by atoms with Crippen LogP contribution in [0.3, 0.4) is 0 Å². The van der Waals surface area contributed by atoms with Gasteiger partial charge in [-0.3, -0.25) is 0 Å². The van der Waals surface area contributed by atoms with Crippen LogP contribution in [0.25, 0.3) is 0 Å². The average Bonchev–Trinajstić information content (AvgIpc) is 3.10. The molecule has 2 rings (SSSR count). The molecule has 0 unspecified atom stereocenters. The zero-order valence-electron chi connectivity index (χ0n) is 15.0. The molecule has 2 N–H and O–H groups in total. The molecule has 0 aromatic carbocycles. The molecule has 0 saturated heterocycles. The minimum absolute atomic E-state index is 0. The van der Waals surface area contributed by atoms with Crippen molar-refractivity contribution in [2.24, 2.45) is 4.99 Å². The van der Waals surface area contributed by atoms with E-state index < -0.39 is 0 Å². The van der Waals surface area contributed by atoms with Gasteiger partial charge in [-0.2, -0.15) is 0 Å². The second-order valence-corrected chi connectivity index (χ2v) is 7.44. The van der Waals surface area contributed by atoms with Crippen LogP contribution in [0.15, 0.2) is 27.1 Å². The Morgan fingerprint density at radius 1 is 1.33 bits per heavy atom. The van der Waals surface area contributed by atoms with Gasteiger partial charge in [-0.25, -0.2) is 9.98 Å². The maximum absolute atomic E-state index is 5.77. The van der Waals surface area contributed by atoms with Crippen LogP contribution in [0.1, 0.15) is 49.8 Å². The van der Waals surface area contributed by atoms with Gasteiger partial charge in [0.1, 0.15) is 12.3 Å². The summed E-state index contributed by atoms with van der Waals surface area (Å²) in [7, 11) is 0. The summed E-state index contributed by atoms with van der Waals surface area (Å²) in [4.78, 5) is 10.2. The van der Waals surface area contributed by atoms with Gasteiger partial charge in [-0.1, -0.05) is 20.8 Å². The van der Waals surface area contributed by atoms with Crippen LogP contribution in [-0.4, -0.2) is 17.5 Å². The predicted molar refractivity (Wildman–Crippen MR) is 111 cm³/mol. The van der Waals surface area contributed by atoms with Gasteiger partial charge in [0.2, 0.25) is 5.89 Å². The Morgan fingerprint density at radius 3 is 2.62 bits per heavy atom. The zero-order chi connectivity index (χ0) is 16.9. The molecule has 0 atom stereocenters. The monoisotopic (exact) mass is 462 g/mol. The number of hydrogen-bond acceptors (Lipinski definition) is 4. The van der Waals surface area contributed by atoms with E-state index in [9.17, 15) is 0 Å². The number of thiophene rings is 1. The Bertz CT molecular complexity index is 658. The molecule has 0 saturated carbocycles. The first-order valence-corrected chi connectivity index (χ1v) is 8.78. The van der Waals surface area contributed by atoms with E-state index in [1.807, 2.05) is 0 Å². The molecule has 2 aromatic rings. The topological polar surface area (TPSA) is 62.5 Å². The van der Waals surface area contributed by atoms with Gasteiger partial charge in [0, 0.05) is 16.8 Å². The Hall–Kier alpha value is -1.09. The van der Waals surface area contributed by atoms with Crippen molar-refractivity contribution in [1.29, 1.82) is 0 Å². The lowest BCUT2D eigenvalue weighted by molar-refractivity contribution is 0.383. The highest BCUT2D eigenvalue weighted by atomic mass is 127. The summed E-state index contributed by atoms with van der Waals surface area (Å²) in [5, 5.41) is 8.71. The SMILES string of the molecule is CCNC(=NCc1ncc(C(C)(C)C)o1)NCc1sccc1C.I. The summed E-state index contributed by atoms with van der Waals surface area (Å²) >= 11 is 1.75. The molecule has 2 aromatic heterocycles. The summed E-state index contributed by atoms with van der Waals surface area (Å²) < 4.78 is 5.77.